The normalized spacial score (nSPS) is 17.9. The molecule has 3 rings (SSSR count). The van der Waals surface area contributed by atoms with Crippen molar-refractivity contribution in [3.05, 3.63) is 63.1 Å². The third kappa shape index (κ3) is 4.40. The molecule has 1 fully saturated rings. The van der Waals surface area contributed by atoms with Crippen molar-refractivity contribution in [2.75, 3.05) is 18.4 Å². The van der Waals surface area contributed by atoms with Gasteiger partial charge in [-0.15, -0.1) is 0 Å². The predicted molar refractivity (Wildman–Crippen MR) is 109 cm³/mol. The van der Waals surface area contributed by atoms with Gasteiger partial charge >= 0.3 is 0 Å². The van der Waals surface area contributed by atoms with Crippen LogP contribution in [0.4, 0.5) is 5.69 Å². The van der Waals surface area contributed by atoms with E-state index in [0.717, 1.165) is 48.3 Å². The number of piperidine rings is 1. The average Bonchev–Trinajstić information content (AvgIpc) is 2.62. The van der Waals surface area contributed by atoms with Gasteiger partial charge in [-0.2, -0.15) is 0 Å². The summed E-state index contributed by atoms with van der Waals surface area (Å²) < 4.78 is 0. The number of nitrogens with one attached hydrogen (secondary N) is 1. The molecule has 0 saturated carbocycles. The van der Waals surface area contributed by atoms with Gasteiger partial charge in [0.2, 0.25) is 5.91 Å². The Kier molecular flexibility index (Phi) is 6.23. The van der Waals surface area contributed by atoms with Crippen LogP contribution in [0, 0.1) is 19.8 Å². The molecule has 0 aliphatic carbocycles. The minimum absolute atomic E-state index is 0.0241. The fourth-order valence-electron chi connectivity index (χ4n) is 3.56. The number of para-hydroxylation sites is 1. The largest absolute Gasteiger partial charge is 0.325 e. The summed E-state index contributed by atoms with van der Waals surface area (Å²) in [6.45, 7) is 6.39. The topological polar surface area (TPSA) is 32.3 Å². The van der Waals surface area contributed by atoms with Crippen molar-refractivity contribution in [2.24, 2.45) is 5.92 Å². The number of carbonyl (C=O) groups is 1. The number of anilines is 1. The Hall–Kier alpha value is -1.55. The van der Waals surface area contributed by atoms with Crippen LogP contribution in [0.15, 0.2) is 36.4 Å². The molecule has 0 spiro atoms. The van der Waals surface area contributed by atoms with Crippen LogP contribution in [0.5, 0.6) is 0 Å². The van der Waals surface area contributed by atoms with E-state index in [4.69, 9.17) is 23.2 Å². The Bertz CT molecular complexity index is 766. The Morgan fingerprint density at radius 3 is 2.38 bits per heavy atom. The van der Waals surface area contributed by atoms with Crippen LogP contribution in [-0.4, -0.2) is 23.9 Å². The zero-order chi connectivity index (χ0) is 18.7. The molecule has 0 radical (unpaired) electrons. The number of halogens is 2. The first-order valence-corrected chi connectivity index (χ1v) is 9.73. The molecule has 1 amide bonds. The van der Waals surface area contributed by atoms with Gasteiger partial charge in [0.1, 0.15) is 0 Å². The molecule has 2 aromatic carbocycles. The number of benzene rings is 2. The van der Waals surface area contributed by atoms with E-state index in [1.54, 1.807) is 0 Å². The number of amides is 1. The number of carbonyl (C=O) groups excluding carboxylic acids is 1. The van der Waals surface area contributed by atoms with Gasteiger partial charge in [0.25, 0.3) is 0 Å². The lowest BCUT2D eigenvalue weighted by atomic mass is 9.96. The number of hydrogen-bond acceptors (Lipinski definition) is 2. The highest BCUT2D eigenvalue weighted by Gasteiger charge is 2.27. The zero-order valence-corrected chi connectivity index (χ0v) is 16.7. The van der Waals surface area contributed by atoms with Crippen LogP contribution in [0.2, 0.25) is 10.0 Å². The lowest BCUT2D eigenvalue weighted by molar-refractivity contribution is -0.121. The van der Waals surface area contributed by atoms with Gasteiger partial charge in [-0.05, 0) is 56.5 Å². The van der Waals surface area contributed by atoms with E-state index in [-0.39, 0.29) is 11.8 Å². The second kappa shape index (κ2) is 8.43. The first-order valence-electron chi connectivity index (χ1n) is 8.98. The van der Waals surface area contributed by atoms with E-state index in [9.17, 15) is 4.79 Å². The zero-order valence-electron chi connectivity index (χ0n) is 15.2. The summed E-state index contributed by atoms with van der Waals surface area (Å²) in [5.41, 5.74) is 4.05. The highest BCUT2D eigenvalue weighted by atomic mass is 35.5. The van der Waals surface area contributed by atoms with Crippen LogP contribution < -0.4 is 5.32 Å². The Morgan fingerprint density at radius 1 is 1.12 bits per heavy atom. The van der Waals surface area contributed by atoms with Gasteiger partial charge in [0.15, 0.2) is 0 Å². The van der Waals surface area contributed by atoms with Crippen LogP contribution in [0.1, 0.15) is 29.5 Å². The molecule has 1 aliphatic heterocycles. The highest BCUT2D eigenvalue weighted by molar-refractivity contribution is 6.35. The average molecular weight is 391 g/mol. The molecule has 138 valence electrons. The number of likely N-dealkylation sites (tertiary alicyclic amines) is 1. The number of nitrogens with zero attached hydrogens (tertiary/aromatic N) is 1. The number of aryl methyl sites for hydroxylation is 2. The van der Waals surface area contributed by atoms with Gasteiger partial charge in [-0.25, -0.2) is 0 Å². The molecular formula is C21H24Cl2N2O. The first kappa shape index (κ1) is 19.2. The fraction of sp³-hybridized carbons (Fsp3) is 0.381. The van der Waals surface area contributed by atoms with Crippen molar-refractivity contribution in [3.63, 3.8) is 0 Å². The van der Waals surface area contributed by atoms with Crippen molar-refractivity contribution in [3.8, 4) is 0 Å². The molecular weight excluding hydrogens is 367 g/mol. The van der Waals surface area contributed by atoms with Crippen LogP contribution in [0.25, 0.3) is 0 Å². The Balaban J connectivity index is 1.67. The van der Waals surface area contributed by atoms with E-state index >= 15 is 0 Å². The summed E-state index contributed by atoms with van der Waals surface area (Å²) in [6.07, 6.45) is 1.90. The summed E-state index contributed by atoms with van der Waals surface area (Å²) in [7, 11) is 0. The second-order valence-corrected chi connectivity index (χ2v) is 7.84. The van der Waals surface area contributed by atoms with E-state index in [2.05, 4.69) is 10.2 Å². The Morgan fingerprint density at radius 2 is 1.73 bits per heavy atom. The molecule has 5 heteroatoms. The molecule has 1 heterocycles. The summed E-state index contributed by atoms with van der Waals surface area (Å²) >= 11 is 12.6. The summed E-state index contributed by atoms with van der Waals surface area (Å²) in [6, 6.07) is 11.6. The molecule has 2 aromatic rings. The van der Waals surface area contributed by atoms with Crippen molar-refractivity contribution in [2.45, 2.75) is 33.2 Å². The van der Waals surface area contributed by atoms with Crippen molar-refractivity contribution in [1.82, 2.24) is 4.90 Å². The minimum Gasteiger partial charge on any atom is -0.325 e. The quantitative estimate of drug-likeness (QED) is 0.751. The van der Waals surface area contributed by atoms with Crippen molar-refractivity contribution in [1.29, 1.82) is 0 Å². The smallest absolute Gasteiger partial charge is 0.228 e. The molecule has 1 saturated heterocycles. The second-order valence-electron chi connectivity index (χ2n) is 7.03. The van der Waals surface area contributed by atoms with Gasteiger partial charge in [0, 0.05) is 34.4 Å². The summed E-state index contributed by atoms with van der Waals surface area (Å²) in [5, 5.41) is 4.50. The first-order chi connectivity index (χ1) is 12.5. The predicted octanol–water partition coefficient (Wildman–Crippen LogP) is 5.46. The number of hydrogen-bond donors (Lipinski definition) is 1. The van der Waals surface area contributed by atoms with Gasteiger partial charge in [-0.3, -0.25) is 9.69 Å². The minimum atomic E-state index is -0.0241. The monoisotopic (exact) mass is 390 g/mol. The van der Waals surface area contributed by atoms with Gasteiger partial charge < -0.3 is 5.32 Å². The highest BCUT2D eigenvalue weighted by Crippen LogP contribution is 2.28. The molecule has 0 bridgehead atoms. The molecule has 26 heavy (non-hydrogen) atoms. The third-order valence-corrected chi connectivity index (χ3v) is 5.76. The lowest BCUT2D eigenvalue weighted by Gasteiger charge is -2.32. The van der Waals surface area contributed by atoms with Crippen molar-refractivity contribution >= 4 is 34.8 Å². The van der Waals surface area contributed by atoms with Crippen LogP contribution in [0.3, 0.4) is 0 Å². The number of rotatable bonds is 4. The van der Waals surface area contributed by atoms with E-state index in [1.165, 1.54) is 0 Å². The Labute approximate surface area is 165 Å². The van der Waals surface area contributed by atoms with Gasteiger partial charge in [0.05, 0.1) is 5.92 Å². The maximum absolute atomic E-state index is 12.8. The van der Waals surface area contributed by atoms with Gasteiger partial charge in [-0.1, -0.05) is 47.5 Å². The van der Waals surface area contributed by atoms with Crippen LogP contribution >= 0.6 is 23.2 Å². The molecule has 0 unspecified atom stereocenters. The standard InChI is InChI=1S/C21H24Cl2N2O/c1-14-6-3-7-15(2)20(14)24-21(26)16-8-5-11-25(12-16)13-17-18(22)9-4-10-19(17)23/h3-4,6-7,9-10,16H,5,8,11-13H2,1-2H3,(H,24,26)/t16-/m0/s1. The van der Waals surface area contributed by atoms with Crippen molar-refractivity contribution < 1.29 is 4.79 Å². The third-order valence-electron chi connectivity index (χ3n) is 5.05. The molecule has 0 aromatic heterocycles. The molecule has 1 N–H and O–H groups in total. The maximum Gasteiger partial charge on any atom is 0.228 e. The SMILES string of the molecule is Cc1cccc(C)c1NC(=O)[C@H]1CCCN(Cc2c(Cl)cccc2Cl)C1. The van der Waals surface area contributed by atoms with Crippen LogP contribution in [-0.2, 0) is 11.3 Å². The summed E-state index contributed by atoms with van der Waals surface area (Å²) in [4.78, 5) is 15.1. The van der Waals surface area contributed by atoms with E-state index < -0.39 is 0 Å². The summed E-state index contributed by atoms with van der Waals surface area (Å²) in [5.74, 6) is 0.0707. The maximum atomic E-state index is 12.8. The molecule has 3 nitrogen and oxygen atoms in total. The lowest BCUT2D eigenvalue weighted by Crippen LogP contribution is -2.40. The fourth-order valence-corrected chi connectivity index (χ4v) is 4.07. The van der Waals surface area contributed by atoms with E-state index in [1.807, 2.05) is 50.2 Å². The molecule has 1 aliphatic rings. The molecule has 1 atom stereocenters. The van der Waals surface area contributed by atoms with E-state index in [0.29, 0.717) is 16.6 Å².